The maximum Gasteiger partial charge on any atom is 0.133 e. The fourth-order valence-corrected chi connectivity index (χ4v) is 1.41. The van der Waals surface area contributed by atoms with Gasteiger partial charge in [-0.3, -0.25) is 0 Å². The summed E-state index contributed by atoms with van der Waals surface area (Å²) < 4.78 is 0. The highest BCUT2D eigenvalue weighted by atomic mass is 16.3. The number of rotatable bonds is 4. The molecule has 0 bridgehead atoms. The molecule has 16 heavy (non-hydrogen) atoms. The quantitative estimate of drug-likeness (QED) is 0.801. The summed E-state index contributed by atoms with van der Waals surface area (Å²) in [6.45, 7) is 6.41. The molecular formula is C12H21N3O. The second-order valence-corrected chi connectivity index (χ2v) is 4.67. The number of aryl methyl sites for hydroxylation is 1. The molecule has 1 aromatic heterocycles. The first-order valence-electron chi connectivity index (χ1n) is 5.43. The fraction of sp³-hybridized carbons (Fsp3) is 0.583. The van der Waals surface area contributed by atoms with E-state index in [4.69, 9.17) is 5.73 Å². The summed E-state index contributed by atoms with van der Waals surface area (Å²) in [7, 11) is 1.93. The predicted molar refractivity (Wildman–Crippen MR) is 66.4 cm³/mol. The zero-order valence-corrected chi connectivity index (χ0v) is 10.5. The molecule has 3 N–H and O–H groups in total. The molecule has 0 radical (unpaired) electrons. The van der Waals surface area contributed by atoms with Crippen molar-refractivity contribution in [1.29, 1.82) is 0 Å². The van der Waals surface area contributed by atoms with Crippen LogP contribution in [0.1, 0.15) is 25.1 Å². The molecule has 0 spiro atoms. The van der Waals surface area contributed by atoms with E-state index in [9.17, 15) is 5.11 Å². The lowest BCUT2D eigenvalue weighted by Crippen LogP contribution is -2.45. The number of anilines is 1. The van der Waals surface area contributed by atoms with Gasteiger partial charge in [0.05, 0.1) is 12.1 Å². The lowest BCUT2D eigenvalue weighted by molar-refractivity contribution is 0.215. The number of pyridine rings is 1. The third-order valence-electron chi connectivity index (χ3n) is 2.93. The summed E-state index contributed by atoms with van der Waals surface area (Å²) in [5.74, 6) is 0.849. The van der Waals surface area contributed by atoms with E-state index in [-0.39, 0.29) is 12.1 Å². The monoisotopic (exact) mass is 223 g/mol. The molecule has 1 heterocycles. The van der Waals surface area contributed by atoms with Gasteiger partial charge in [-0.25, -0.2) is 4.98 Å². The largest absolute Gasteiger partial charge is 0.394 e. The molecule has 1 rings (SSSR count). The summed E-state index contributed by atoms with van der Waals surface area (Å²) in [5.41, 5.74) is 7.30. The van der Waals surface area contributed by atoms with Crippen LogP contribution in [0.3, 0.4) is 0 Å². The summed E-state index contributed by atoms with van der Waals surface area (Å²) >= 11 is 0. The molecule has 4 nitrogen and oxygen atoms in total. The highest BCUT2D eigenvalue weighted by Crippen LogP contribution is 2.23. The first-order valence-corrected chi connectivity index (χ1v) is 5.43. The SMILES string of the molecule is Cc1ccc(CN)c(N(C)C(C)(C)CO)n1. The van der Waals surface area contributed by atoms with E-state index < -0.39 is 0 Å². The van der Waals surface area contributed by atoms with Gasteiger partial charge in [-0.15, -0.1) is 0 Å². The average Bonchev–Trinajstić information content (AvgIpc) is 2.28. The van der Waals surface area contributed by atoms with Crippen molar-refractivity contribution < 1.29 is 5.11 Å². The Morgan fingerprint density at radius 3 is 2.56 bits per heavy atom. The maximum atomic E-state index is 9.36. The Hall–Kier alpha value is -1.13. The molecule has 0 unspecified atom stereocenters. The standard InChI is InChI=1S/C12H21N3O/c1-9-5-6-10(7-13)11(14-9)15(4)12(2,3)8-16/h5-6,16H,7-8,13H2,1-4H3. The number of aliphatic hydroxyl groups is 1. The van der Waals surface area contributed by atoms with Crippen LogP contribution in [-0.4, -0.2) is 29.3 Å². The molecule has 0 saturated carbocycles. The molecule has 0 aliphatic carbocycles. The number of hydrogen-bond acceptors (Lipinski definition) is 4. The minimum absolute atomic E-state index is 0.0726. The Balaban J connectivity index is 3.16. The molecule has 4 heteroatoms. The van der Waals surface area contributed by atoms with E-state index in [0.29, 0.717) is 6.54 Å². The van der Waals surface area contributed by atoms with Crippen LogP contribution in [0.4, 0.5) is 5.82 Å². The van der Waals surface area contributed by atoms with E-state index >= 15 is 0 Å². The second-order valence-electron chi connectivity index (χ2n) is 4.67. The predicted octanol–water partition coefficient (Wildman–Crippen LogP) is 1.06. The number of aliphatic hydroxyl groups excluding tert-OH is 1. The smallest absolute Gasteiger partial charge is 0.133 e. The number of aromatic nitrogens is 1. The van der Waals surface area contributed by atoms with Gasteiger partial charge in [0.1, 0.15) is 5.82 Å². The van der Waals surface area contributed by atoms with Crippen molar-refractivity contribution in [3.05, 3.63) is 23.4 Å². The Morgan fingerprint density at radius 2 is 2.06 bits per heavy atom. The number of likely N-dealkylation sites (N-methyl/N-ethyl adjacent to an activating group) is 1. The highest BCUT2D eigenvalue weighted by molar-refractivity contribution is 5.49. The van der Waals surface area contributed by atoms with Crippen LogP contribution in [0.15, 0.2) is 12.1 Å². The van der Waals surface area contributed by atoms with E-state index in [2.05, 4.69) is 4.98 Å². The summed E-state index contributed by atoms with van der Waals surface area (Å²) in [6, 6.07) is 3.94. The molecule has 0 saturated heterocycles. The van der Waals surface area contributed by atoms with Gasteiger partial charge < -0.3 is 15.7 Å². The lowest BCUT2D eigenvalue weighted by Gasteiger charge is -2.36. The molecule has 0 aliphatic rings. The van der Waals surface area contributed by atoms with Crippen molar-refractivity contribution in [1.82, 2.24) is 4.98 Å². The summed E-state index contributed by atoms with van der Waals surface area (Å²) in [6.07, 6.45) is 0. The topological polar surface area (TPSA) is 62.4 Å². The molecule has 0 aromatic carbocycles. The van der Waals surface area contributed by atoms with Crippen molar-refractivity contribution in [2.75, 3.05) is 18.6 Å². The van der Waals surface area contributed by atoms with Crippen molar-refractivity contribution >= 4 is 5.82 Å². The number of nitrogens with zero attached hydrogens (tertiary/aromatic N) is 2. The molecule has 0 amide bonds. The van der Waals surface area contributed by atoms with E-state index in [0.717, 1.165) is 17.1 Å². The van der Waals surface area contributed by atoms with Crippen LogP contribution in [0.25, 0.3) is 0 Å². The summed E-state index contributed by atoms with van der Waals surface area (Å²) in [4.78, 5) is 6.47. The lowest BCUT2D eigenvalue weighted by atomic mass is 10.0. The van der Waals surface area contributed by atoms with Crippen molar-refractivity contribution in [2.45, 2.75) is 32.9 Å². The molecule has 0 fully saturated rings. The van der Waals surface area contributed by atoms with Crippen LogP contribution < -0.4 is 10.6 Å². The molecule has 90 valence electrons. The van der Waals surface area contributed by atoms with E-state index in [1.165, 1.54) is 0 Å². The summed E-state index contributed by atoms with van der Waals surface area (Å²) in [5, 5.41) is 9.36. The van der Waals surface area contributed by atoms with Gasteiger partial charge in [0.15, 0.2) is 0 Å². The number of hydrogen-bond donors (Lipinski definition) is 2. The molecule has 0 aliphatic heterocycles. The fourth-order valence-electron chi connectivity index (χ4n) is 1.41. The highest BCUT2D eigenvalue weighted by Gasteiger charge is 2.25. The van der Waals surface area contributed by atoms with Crippen molar-refractivity contribution in [3.8, 4) is 0 Å². The maximum absolute atomic E-state index is 9.36. The van der Waals surface area contributed by atoms with Crippen LogP contribution >= 0.6 is 0 Å². The Morgan fingerprint density at radius 1 is 1.44 bits per heavy atom. The van der Waals surface area contributed by atoms with Crippen LogP contribution in [0, 0.1) is 6.92 Å². The van der Waals surface area contributed by atoms with Gasteiger partial charge in [-0.2, -0.15) is 0 Å². The molecule has 1 aromatic rings. The third-order valence-corrected chi connectivity index (χ3v) is 2.93. The van der Waals surface area contributed by atoms with Crippen LogP contribution in [-0.2, 0) is 6.54 Å². The van der Waals surface area contributed by atoms with Crippen molar-refractivity contribution in [3.63, 3.8) is 0 Å². The van der Waals surface area contributed by atoms with E-state index in [1.807, 2.05) is 44.9 Å². The number of nitrogens with two attached hydrogens (primary N) is 1. The van der Waals surface area contributed by atoms with Crippen LogP contribution in [0.2, 0.25) is 0 Å². The van der Waals surface area contributed by atoms with Gasteiger partial charge in [0, 0.05) is 24.8 Å². The first kappa shape index (κ1) is 12.9. The second kappa shape index (κ2) is 4.80. The van der Waals surface area contributed by atoms with Crippen LogP contribution in [0.5, 0.6) is 0 Å². The minimum atomic E-state index is -0.343. The Kier molecular flexibility index (Phi) is 3.88. The van der Waals surface area contributed by atoms with Gasteiger partial charge >= 0.3 is 0 Å². The van der Waals surface area contributed by atoms with Gasteiger partial charge in [0.2, 0.25) is 0 Å². The van der Waals surface area contributed by atoms with Gasteiger partial charge in [0.25, 0.3) is 0 Å². The van der Waals surface area contributed by atoms with E-state index in [1.54, 1.807) is 0 Å². The zero-order valence-electron chi connectivity index (χ0n) is 10.5. The van der Waals surface area contributed by atoms with Gasteiger partial charge in [-0.1, -0.05) is 6.07 Å². The van der Waals surface area contributed by atoms with Crippen molar-refractivity contribution in [2.24, 2.45) is 5.73 Å². The third kappa shape index (κ3) is 2.51. The molecular weight excluding hydrogens is 202 g/mol. The minimum Gasteiger partial charge on any atom is -0.394 e. The zero-order chi connectivity index (χ0) is 12.3. The Bertz CT molecular complexity index is 363. The Labute approximate surface area is 97.1 Å². The first-order chi connectivity index (χ1) is 7.42. The average molecular weight is 223 g/mol. The molecule has 0 atom stereocenters. The normalized spacial score (nSPS) is 11.6. The van der Waals surface area contributed by atoms with Gasteiger partial charge in [-0.05, 0) is 26.8 Å².